The first-order valence-electron chi connectivity index (χ1n) is 2.78. The van der Waals surface area contributed by atoms with Gasteiger partial charge < -0.3 is 9.47 Å². The van der Waals surface area contributed by atoms with Gasteiger partial charge in [-0.15, -0.1) is 0 Å². The monoisotopic (exact) mass is 146 g/mol. The normalized spacial score (nSPS) is 12.3. The van der Waals surface area contributed by atoms with Crippen molar-refractivity contribution in [3.8, 4) is 0 Å². The molecule has 0 aliphatic heterocycles. The second-order valence-corrected chi connectivity index (χ2v) is 1.79. The van der Waals surface area contributed by atoms with Crippen molar-refractivity contribution >= 4 is 11.8 Å². The third-order valence-corrected chi connectivity index (χ3v) is 0.819. The minimum Gasteiger partial charge on any atom is -0.428 e. The summed E-state index contributed by atoms with van der Waals surface area (Å²) >= 11 is 0. The van der Waals surface area contributed by atoms with E-state index < -0.39 is 12.3 Å². The molecule has 1 atom stereocenters. The van der Waals surface area contributed by atoms with Crippen molar-refractivity contribution in [3.05, 3.63) is 0 Å². The van der Waals surface area contributed by atoms with Gasteiger partial charge in [0.05, 0.1) is 0 Å². The van der Waals surface area contributed by atoms with E-state index >= 15 is 0 Å². The first-order valence-corrected chi connectivity index (χ1v) is 2.78. The van der Waals surface area contributed by atoms with E-state index in [1.54, 1.807) is 0 Å². The zero-order valence-electron chi connectivity index (χ0n) is 6.21. The molecule has 0 amide bonds. The predicted molar refractivity (Wildman–Crippen MR) is 33.2 cm³/mol. The molecule has 4 heteroatoms. The van der Waals surface area contributed by atoms with E-state index in [1.807, 2.05) is 0 Å². The molecular weight excluding hydrogens is 136 g/mol. The maximum Gasteiger partial charge on any atom is 0.305 e. The van der Waals surface area contributed by atoms with Crippen LogP contribution in [0.25, 0.3) is 0 Å². The number of carbonyl (C=O) groups excluding carboxylic acids is 2. The Hall–Kier alpha value is -0.900. The summed E-state index contributed by atoms with van der Waals surface area (Å²) in [4.78, 5) is 20.8. The number of rotatable bonds is 3. The molecule has 0 aliphatic rings. The molecular formula is C6H10O4. The van der Waals surface area contributed by atoms with Crippen molar-refractivity contribution in [2.75, 3.05) is 7.11 Å². The Balaban J connectivity index is 3.83. The second-order valence-electron chi connectivity index (χ2n) is 1.79. The largest absolute Gasteiger partial charge is 0.428 e. The molecule has 0 saturated carbocycles. The van der Waals surface area contributed by atoms with Crippen LogP contribution in [-0.2, 0) is 19.1 Å². The maximum absolute atomic E-state index is 10.5. The quantitative estimate of drug-likeness (QED) is 0.419. The van der Waals surface area contributed by atoms with Gasteiger partial charge in [0, 0.05) is 21.0 Å². The van der Waals surface area contributed by atoms with E-state index in [4.69, 9.17) is 0 Å². The second kappa shape index (κ2) is 4.00. The van der Waals surface area contributed by atoms with Gasteiger partial charge in [-0.3, -0.25) is 9.59 Å². The molecule has 10 heavy (non-hydrogen) atoms. The number of ketones is 1. The number of esters is 1. The Kier molecular flexibility index (Phi) is 3.64. The summed E-state index contributed by atoms with van der Waals surface area (Å²) in [5.74, 6) is -0.847. The Morgan fingerprint density at radius 2 is 1.80 bits per heavy atom. The van der Waals surface area contributed by atoms with Crippen molar-refractivity contribution in [1.82, 2.24) is 0 Å². The van der Waals surface area contributed by atoms with Crippen LogP contribution in [0.1, 0.15) is 13.8 Å². The van der Waals surface area contributed by atoms with E-state index in [0.717, 1.165) is 0 Å². The van der Waals surface area contributed by atoms with Gasteiger partial charge in [0.15, 0.2) is 5.78 Å². The summed E-state index contributed by atoms with van der Waals surface area (Å²) in [7, 11) is 1.30. The van der Waals surface area contributed by atoms with E-state index in [-0.39, 0.29) is 5.78 Å². The topological polar surface area (TPSA) is 52.6 Å². The SMILES string of the molecule is COC(OC(C)=O)C(C)=O. The zero-order valence-corrected chi connectivity index (χ0v) is 6.21. The third-order valence-electron chi connectivity index (χ3n) is 0.819. The average molecular weight is 146 g/mol. The molecule has 0 saturated heterocycles. The van der Waals surface area contributed by atoms with Crippen LogP contribution in [-0.4, -0.2) is 25.2 Å². The number of hydrogen-bond donors (Lipinski definition) is 0. The van der Waals surface area contributed by atoms with Crippen molar-refractivity contribution < 1.29 is 19.1 Å². The smallest absolute Gasteiger partial charge is 0.305 e. The maximum atomic E-state index is 10.5. The van der Waals surface area contributed by atoms with Gasteiger partial charge in [-0.05, 0) is 0 Å². The first-order chi connectivity index (χ1) is 4.57. The predicted octanol–water partition coefficient (Wildman–Crippen LogP) is 0.111. The molecule has 0 aromatic carbocycles. The molecule has 4 nitrogen and oxygen atoms in total. The van der Waals surface area contributed by atoms with Gasteiger partial charge in [0.1, 0.15) is 0 Å². The van der Waals surface area contributed by atoms with Crippen molar-refractivity contribution in [3.63, 3.8) is 0 Å². The fourth-order valence-electron chi connectivity index (χ4n) is 0.448. The molecule has 0 aliphatic carbocycles. The van der Waals surface area contributed by atoms with Gasteiger partial charge in [-0.1, -0.05) is 0 Å². The molecule has 0 fully saturated rings. The fourth-order valence-corrected chi connectivity index (χ4v) is 0.448. The molecule has 1 unspecified atom stereocenters. The van der Waals surface area contributed by atoms with Crippen LogP contribution in [0.4, 0.5) is 0 Å². The number of Topliss-reactive ketones (excluding diaryl/α,β-unsaturated/α-hetero) is 1. The van der Waals surface area contributed by atoms with Crippen LogP contribution in [0.15, 0.2) is 0 Å². The lowest BCUT2D eigenvalue weighted by atomic mass is 10.4. The number of methoxy groups -OCH3 is 1. The van der Waals surface area contributed by atoms with Crippen LogP contribution in [0, 0.1) is 0 Å². The molecule has 0 N–H and O–H groups in total. The molecule has 0 aromatic rings. The third kappa shape index (κ3) is 3.19. The average Bonchev–Trinajstić information content (AvgIpc) is 1.81. The van der Waals surface area contributed by atoms with Gasteiger partial charge in [0.25, 0.3) is 6.29 Å². The lowest BCUT2D eigenvalue weighted by Crippen LogP contribution is -2.25. The number of hydrogen-bond acceptors (Lipinski definition) is 4. The molecule has 0 heterocycles. The van der Waals surface area contributed by atoms with Crippen LogP contribution in [0.2, 0.25) is 0 Å². The fraction of sp³-hybridized carbons (Fsp3) is 0.667. The Morgan fingerprint density at radius 1 is 1.30 bits per heavy atom. The van der Waals surface area contributed by atoms with Crippen LogP contribution in [0.5, 0.6) is 0 Å². The lowest BCUT2D eigenvalue weighted by molar-refractivity contribution is -0.177. The van der Waals surface area contributed by atoms with E-state index in [9.17, 15) is 9.59 Å². The minimum atomic E-state index is -1.04. The Morgan fingerprint density at radius 3 is 1.90 bits per heavy atom. The Bertz CT molecular complexity index is 141. The van der Waals surface area contributed by atoms with Gasteiger partial charge in [-0.25, -0.2) is 0 Å². The summed E-state index contributed by atoms with van der Waals surface area (Å²) in [5.41, 5.74) is 0. The molecule has 0 aromatic heterocycles. The van der Waals surface area contributed by atoms with Gasteiger partial charge in [0.2, 0.25) is 0 Å². The van der Waals surface area contributed by atoms with Crippen molar-refractivity contribution in [2.45, 2.75) is 20.1 Å². The lowest BCUT2D eigenvalue weighted by Gasteiger charge is -2.10. The molecule has 0 bridgehead atoms. The van der Waals surface area contributed by atoms with E-state index in [1.165, 1.54) is 21.0 Å². The highest BCUT2D eigenvalue weighted by Gasteiger charge is 2.14. The Labute approximate surface area is 59.1 Å². The van der Waals surface area contributed by atoms with E-state index in [0.29, 0.717) is 0 Å². The summed E-state index contributed by atoms with van der Waals surface area (Å²) in [5, 5.41) is 0. The first kappa shape index (κ1) is 9.10. The van der Waals surface area contributed by atoms with Crippen molar-refractivity contribution in [2.24, 2.45) is 0 Å². The zero-order chi connectivity index (χ0) is 8.15. The van der Waals surface area contributed by atoms with Crippen molar-refractivity contribution in [1.29, 1.82) is 0 Å². The van der Waals surface area contributed by atoms with Gasteiger partial charge in [-0.2, -0.15) is 0 Å². The highest BCUT2D eigenvalue weighted by atomic mass is 16.7. The van der Waals surface area contributed by atoms with E-state index in [2.05, 4.69) is 9.47 Å². The van der Waals surface area contributed by atoms with Gasteiger partial charge >= 0.3 is 5.97 Å². The number of ether oxygens (including phenoxy) is 2. The summed E-state index contributed by atoms with van der Waals surface area (Å²) in [6.07, 6.45) is -1.04. The minimum absolute atomic E-state index is 0.322. The van der Waals surface area contributed by atoms with Crippen LogP contribution >= 0.6 is 0 Å². The molecule has 58 valence electrons. The summed E-state index contributed by atoms with van der Waals surface area (Å²) < 4.78 is 8.98. The molecule has 0 rings (SSSR count). The molecule has 0 spiro atoms. The summed E-state index contributed by atoms with van der Waals surface area (Å²) in [6.45, 7) is 2.51. The number of carbonyl (C=O) groups is 2. The van der Waals surface area contributed by atoms with Crippen LogP contribution in [0.3, 0.4) is 0 Å². The summed E-state index contributed by atoms with van der Waals surface area (Å²) in [6, 6.07) is 0. The molecule has 0 radical (unpaired) electrons. The van der Waals surface area contributed by atoms with Crippen LogP contribution < -0.4 is 0 Å². The standard InChI is InChI=1S/C6H10O4/c1-4(7)6(9-3)10-5(2)8/h6H,1-3H3. The highest BCUT2D eigenvalue weighted by molar-refractivity contribution is 5.81. The highest BCUT2D eigenvalue weighted by Crippen LogP contribution is 1.94.